The molecule has 0 spiro atoms. The van der Waals surface area contributed by atoms with Gasteiger partial charge in [0.05, 0.1) is 16.7 Å². The number of hydrogen-bond acceptors (Lipinski definition) is 4. The van der Waals surface area contributed by atoms with Gasteiger partial charge in [0.2, 0.25) is 0 Å². The molecule has 5 nitrogen and oxygen atoms in total. The second-order valence-corrected chi connectivity index (χ2v) is 6.68. The number of nitrogens with one attached hydrogen (secondary N) is 1. The smallest absolute Gasteiger partial charge is 0.255 e. The van der Waals surface area contributed by atoms with Crippen LogP contribution in [0.5, 0.6) is 0 Å². The van der Waals surface area contributed by atoms with Gasteiger partial charge in [-0.1, -0.05) is 17.7 Å². The zero-order chi connectivity index (χ0) is 20.4. The van der Waals surface area contributed by atoms with Crippen molar-refractivity contribution in [2.24, 2.45) is 0 Å². The van der Waals surface area contributed by atoms with Gasteiger partial charge in [0, 0.05) is 34.1 Å². The molecule has 142 valence electrons. The normalized spacial score (nSPS) is 10.7. The number of nitrogens with zero attached hydrogens (tertiary/aromatic N) is 2. The number of halogens is 2. The fourth-order valence-corrected chi connectivity index (χ4v) is 3.04. The Morgan fingerprint density at radius 2 is 1.55 bits per heavy atom. The molecule has 0 aliphatic carbocycles. The van der Waals surface area contributed by atoms with Crippen molar-refractivity contribution in [2.75, 3.05) is 5.32 Å². The molecule has 0 saturated heterocycles. The first kappa shape index (κ1) is 18.7. The molecule has 29 heavy (non-hydrogen) atoms. The summed E-state index contributed by atoms with van der Waals surface area (Å²) in [5.74, 6) is -1.57. The number of carbonyl (C=O) groups is 2. The lowest BCUT2D eigenvalue weighted by molar-refractivity contribution is 0.102. The number of rotatable bonds is 4. The summed E-state index contributed by atoms with van der Waals surface area (Å²) in [7, 11) is 0. The molecule has 0 bridgehead atoms. The molecule has 0 aliphatic heterocycles. The quantitative estimate of drug-likeness (QED) is 0.490. The summed E-state index contributed by atoms with van der Waals surface area (Å²) in [6, 6.07) is 15.1. The molecule has 0 unspecified atom stereocenters. The van der Waals surface area contributed by atoms with E-state index < -0.39 is 11.7 Å². The van der Waals surface area contributed by atoms with E-state index in [-0.39, 0.29) is 17.0 Å². The van der Waals surface area contributed by atoms with Crippen molar-refractivity contribution in [3.63, 3.8) is 0 Å². The molecule has 1 aromatic heterocycles. The lowest BCUT2D eigenvalue weighted by Gasteiger charge is -2.09. The third-order valence-electron chi connectivity index (χ3n) is 4.30. The SMILES string of the molecule is O=C(Nc1ccc(C(=O)c2ccc3nccnc3c2)cc1F)c1cccc(Cl)c1. The Morgan fingerprint density at radius 1 is 0.828 bits per heavy atom. The van der Waals surface area contributed by atoms with Gasteiger partial charge >= 0.3 is 0 Å². The minimum absolute atomic E-state index is 0.0316. The number of anilines is 1. The average molecular weight is 406 g/mol. The fourth-order valence-electron chi connectivity index (χ4n) is 2.85. The van der Waals surface area contributed by atoms with E-state index >= 15 is 0 Å². The van der Waals surface area contributed by atoms with Gasteiger partial charge in [0.1, 0.15) is 5.82 Å². The number of hydrogen-bond donors (Lipinski definition) is 1. The van der Waals surface area contributed by atoms with Gasteiger partial charge in [0.25, 0.3) is 5.91 Å². The average Bonchev–Trinajstić information content (AvgIpc) is 2.74. The van der Waals surface area contributed by atoms with Crippen LogP contribution >= 0.6 is 11.6 Å². The molecule has 0 aliphatic rings. The maximum atomic E-state index is 14.5. The maximum absolute atomic E-state index is 14.5. The van der Waals surface area contributed by atoms with Crippen molar-refractivity contribution in [3.05, 3.63) is 101 Å². The number of carbonyl (C=O) groups excluding carboxylic acids is 2. The van der Waals surface area contributed by atoms with E-state index in [1.807, 2.05) is 0 Å². The molecule has 7 heteroatoms. The predicted octanol–water partition coefficient (Wildman–Crippen LogP) is 4.91. The molecule has 4 rings (SSSR count). The third-order valence-corrected chi connectivity index (χ3v) is 4.53. The van der Waals surface area contributed by atoms with E-state index in [1.54, 1.807) is 42.6 Å². The number of fused-ring (bicyclic) bond motifs is 1. The maximum Gasteiger partial charge on any atom is 0.255 e. The standard InChI is InChI=1S/C22H13ClFN3O2/c23-16-3-1-2-15(10-16)22(29)27-18-6-4-13(11-17(18)24)21(28)14-5-7-19-20(12-14)26-9-8-25-19/h1-12H,(H,27,29). The Morgan fingerprint density at radius 3 is 2.31 bits per heavy atom. The number of amides is 1. The molecule has 0 atom stereocenters. The minimum atomic E-state index is -0.716. The van der Waals surface area contributed by atoms with Gasteiger partial charge in [-0.3, -0.25) is 19.6 Å². The van der Waals surface area contributed by atoms with Crippen LogP contribution in [0, 0.1) is 5.82 Å². The van der Waals surface area contributed by atoms with Crippen LogP contribution in [0.3, 0.4) is 0 Å². The molecule has 1 N–H and O–H groups in total. The number of aromatic nitrogens is 2. The highest BCUT2D eigenvalue weighted by atomic mass is 35.5. The first-order valence-corrected chi connectivity index (χ1v) is 9.01. The number of benzene rings is 3. The van der Waals surface area contributed by atoms with Crippen LogP contribution in [-0.4, -0.2) is 21.7 Å². The second kappa shape index (κ2) is 7.77. The summed E-state index contributed by atoms with van der Waals surface area (Å²) in [6.07, 6.45) is 3.10. The summed E-state index contributed by atoms with van der Waals surface area (Å²) in [5.41, 5.74) is 2.03. The molecular weight excluding hydrogens is 393 g/mol. The van der Waals surface area contributed by atoms with Crippen LogP contribution in [-0.2, 0) is 0 Å². The van der Waals surface area contributed by atoms with E-state index in [1.165, 1.54) is 24.4 Å². The van der Waals surface area contributed by atoms with Crippen LogP contribution in [0.4, 0.5) is 10.1 Å². The van der Waals surface area contributed by atoms with Crippen molar-refractivity contribution >= 4 is 40.0 Å². The summed E-state index contributed by atoms with van der Waals surface area (Å²) in [5, 5.41) is 2.88. The summed E-state index contributed by atoms with van der Waals surface area (Å²) in [4.78, 5) is 33.3. The van der Waals surface area contributed by atoms with E-state index in [4.69, 9.17) is 11.6 Å². The zero-order valence-corrected chi connectivity index (χ0v) is 15.7. The second-order valence-electron chi connectivity index (χ2n) is 6.25. The highest BCUT2D eigenvalue weighted by molar-refractivity contribution is 6.31. The van der Waals surface area contributed by atoms with E-state index in [0.29, 0.717) is 27.2 Å². The highest BCUT2D eigenvalue weighted by Gasteiger charge is 2.15. The van der Waals surface area contributed by atoms with E-state index in [2.05, 4.69) is 15.3 Å². The van der Waals surface area contributed by atoms with Gasteiger partial charge in [-0.15, -0.1) is 0 Å². The van der Waals surface area contributed by atoms with Crippen molar-refractivity contribution in [3.8, 4) is 0 Å². The van der Waals surface area contributed by atoms with Crippen LogP contribution < -0.4 is 5.32 Å². The first-order chi connectivity index (χ1) is 14.0. The summed E-state index contributed by atoms with van der Waals surface area (Å²) in [6.45, 7) is 0. The summed E-state index contributed by atoms with van der Waals surface area (Å²) < 4.78 is 14.5. The Bertz CT molecular complexity index is 1260. The van der Waals surface area contributed by atoms with E-state index in [9.17, 15) is 14.0 Å². The molecule has 1 amide bonds. The van der Waals surface area contributed by atoms with Crippen LogP contribution in [0.15, 0.2) is 73.1 Å². The Hall–Kier alpha value is -3.64. The van der Waals surface area contributed by atoms with Gasteiger partial charge in [0.15, 0.2) is 5.78 Å². The molecule has 4 aromatic rings. The van der Waals surface area contributed by atoms with Gasteiger partial charge in [-0.25, -0.2) is 4.39 Å². The van der Waals surface area contributed by atoms with E-state index in [0.717, 1.165) is 6.07 Å². The lowest BCUT2D eigenvalue weighted by atomic mass is 10.0. The summed E-state index contributed by atoms with van der Waals surface area (Å²) >= 11 is 5.87. The van der Waals surface area contributed by atoms with Gasteiger partial charge in [-0.05, 0) is 54.6 Å². The monoisotopic (exact) mass is 405 g/mol. The Balaban J connectivity index is 1.57. The lowest BCUT2D eigenvalue weighted by Crippen LogP contribution is -2.13. The third kappa shape index (κ3) is 3.97. The van der Waals surface area contributed by atoms with Gasteiger partial charge in [-0.2, -0.15) is 0 Å². The van der Waals surface area contributed by atoms with Crippen molar-refractivity contribution in [2.45, 2.75) is 0 Å². The molecule has 1 heterocycles. The van der Waals surface area contributed by atoms with Crippen molar-refractivity contribution in [1.82, 2.24) is 9.97 Å². The van der Waals surface area contributed by atoms with Gasteiger partial charge < -0.3 is 5.32 Å². The predicted molar refractivity (Wildman–Crippen MR) is 109 cm³/mol. The van der Waals surface area contributed by atoms with Crippen LogP contribution in [0.25, 0.3) is 11.0 Å². The zero-order valence-electron chi connectivity index (χ0n) is 14.9. The molecular formula is C22H13ClFN3O2. The topological polar surface area (TPSA) is 72.0 Å². The molecule has 0 fully saturated rings. The Kier molecular flexibility index (Phi) is 5.01. The highest BCUT2D eigenvalue weighted by Crippen LogP contribution is 2.21. The molecule has 0 saturated carbocycles. The largest absolute Gasteiger partial charge is 0.319 e. The first-order valence-electron chi connectivity index (χ1n) is 8.63. The van der Waals surface area contributed by atoms with Crippen molar-refractivity contribution in [1.29, 1.82) is 0 Å². The fraction of sp³-hybridized carbons (Fsp3) is 0. The van der Waals surface area contributed by atoms with Crippen LogP contribution in [0.1, 0.15) is 26.3 Å². The number of ketones is 1. The minimum Gasteiger partial charge on any atom is -0.319 e. The molecule has 0 radical (unpaired) electrons. The van der Waals surface area contributed by atoms with Crippen LogP contribution in [0.2, 0.25) is 5.02 Å². The molecule has 3 aromatic carbocycles. The van der Waals surface area contributed by atoms with Crippen molar-refractivity contribution < 1.29 is 14.0 Å². The Labute approximate surface area is 170 Å².